The van der Waals surface area contributed by atoms with E-state index in [4.69, 9.17) is 19.3 Å². The van der Waals surface area contributed by atoms with Crippen LogP contribution in [0.25, 0.3) is 6.08 Å². The van der Waals surface area contributed by atoms with Gasteiger partial charge in [-0.1, -0.05) is 54.6 Å². The van der Waals surface area contributed by atoms with E-state index < -0.39 is 49.3 Å². The molecule has 4 rings (SSSR count). The first kappa shape index (κ1) is 28.7. The Morgan fingerprint density at radius 1 is 0.850 bits per heavy atom. The van der Waals surface area contributed by atoms with E-state index in [0.29, 0.717) is 5.56 Å². The average molecular weight is 553 g/mol. The number of hydrogen-bond donors (Lipinski definition) is 5. The van der Waals surface area contributed by atoms with Crippen molar-refractivity contribution in [1.82, 2.24) is 0 Å². The predicted molar refractivity (Wildman–Crippen MR) is 140 cm³/mol. The van der Waals surface area contributed by atoms with Gasteiger partial charge < -0.3 is 44.5 Å². The highest BCUT2D eigenvalue weighted by molar-refractivity contribution is 6.10. The molecule has 0 radical (unpaired) electrons. The molecule has 210 valence electrons. The van der Waals surface area contributed by atoms with E-state index in [-0.39, 0.29) is 29.4 Å². The number of carbonyl (C=O) groups excluding carboxylic acids is 1. The maximum absolute atomic E-state index is 13.5. The summed E-state index contributed by atoms with van der Waals surface area (Å²) in [6, 6.07) is 19.8. The van der Waals surface area contributed by atoms with Gasteiger partial charge in [0.2, 0.25) is 6.29 Å². The maximum atomic E-state index is 13.5. The van der Waals surface area contributed by atoms with E-state index in [9.17, 15) is 30.0 Å². The molecule has 1 heterocycles. The summed E-state index contributed by atoms with van der Waals surface area (Å²) in [6.45, 7) is -0.505. The maximum Gasteiger partial charge on any atom is 0.511 e. The van der Waals surface area contributed by atoms with Crippen LogP contribution < -0.4 is 14.2 Å². The van der Waals surface area contributed by atoms with E-state index in [1.807, 2.05) is 30.3 Å². The van der Waals surface area contributed by atoms with Crippen molar-refractivity contribution in [3.8, 4) is 17.2 Å². The molecule has 1 aliphatic rings. The molecule has 0 aliphatic carbocycles. The van der Waals surface area contributed by atoms with E-state index in [1.54, 1.807) is 24.3 Å². The molecule has 5 N–H and O–H groups in total. The molecule has 40 heavy (non-hydrogen) atoms. The number of allylic oxidation sites excluding steroid dienone is 1. The monoisotopic (exact) mass is 552 g/mol. The fraction of sp³-hybridized carbons (Fsp3) is 0.241. The number of aliphatic hydroxyl groups is 4. The summed E-state index contributed by atoms with van der Waals surface area (Å²) in [6.07, 6.45) is -6.33. The third kappa shape index (κ3) is 7.03. The molecule has 0 bridgehead atoms. The number of ether oxygens (including phenoxy) is 4. The van der Waals surface area contributed by atoms with Crippen LogP contribution in [0.1, 0.15) is 21.5 Å². The van der Waals surface area contributed by atoms with Crippen LogP contribution in [0.15, 0.2) is 78.9 Å². The molecule has 5 atom stereocenters. The Morgan fingerprint density at radius 2 is 1.55 bits per heavy atom. The summed E-state index contributed by atoms with van der Waals surface area (Å²) in [5.41, 5.74) is 1.42. The van der Waals surface area contributed by atoms with Gasteiger partial charge in [-0.25, -0.2) is 4.79 Å². The Morgan fingerprint density at radius 3 is 2.23 bits per heavy atom. The lowest BCUT2D eigenvalue weighted by Gasteiger charge is -2.39. The average Bonchev–Trinajstić information content (AvgIpc) is 2.96. The van der Waals surface area contributed by atoms with Crippen LogP contribution >= 0.6 is 0 Å². The summed E-state index contributed by atoms with van der Waals surface area (Å²) in [5, 5.41) is 48.9. The minimum atomic E-state index is -1.68. The predicted octanol–water partition coefficient (Wildman–Crippen LogP) is 2.40. The van der Waals surface area contributed by atoms with Crippen molar-refractivity contribution in [1.29, 1.82) is 0 Å². The number of ketones is 1. The molecular weight excluding hydrogens is 524 g/mol. The van der Waals surface area contributed by atoms with Gasteiger partial charge in [-0.05, 0) is 41.5 Å². The van der Waals surface area contributed by atoms with Gasteiger partial charge in [-0.3, -0.25) is 4.79 Å². The van der Waals surface area contributed by atoms with Crippen molar-refractivity contribution in [3.63, 3.8) is 0 Å². The number of carboxylic acid groups (broad SMARTS) is 1. The Kier molecular flexibility index (Phi) is 9.48. The normalized spacial score (nSPS) is 22.6. The summed E-state index contributed by atoms with van der Waals surface area (Å²) < 4.78 is 21.8. The fourth-order valence-corrected chi connectivity index (χ4v) is 4.00. The molecule has 1 fully saturated rings. The second-order valence-electron chi connectivity index (χ2n) is 8.85. The molecule has 1 aliphatic heterocycles. The zero-order chi connectivity index (χ0) is 28.6. The van der Waals surface area contributed by atoms with Crippen LogP contribution in [0.3, 0.4) is 0 Å². The fourth-order valence-electron chi connectivity index (χ4n) is 4.00. The molecular formula is C29H28O11. The second kappa shape index (κ2) is 13.2. The third-order valence-electron chi connectivity index (χ3n) is 6.08. The van der Waals surface area contributed by atoms with Crippen LogP contribution in [-0.4, -0.2) is 74.8 Å². The molecule has 0 aromatic heterocycles. The van der Waals surface area contributed by atoms with E-state index >= 15 is 0 Å². The zero-order valence-electron chi connectivity index (χ0n) is 21.1. The molecule has 3 aromatic carbocycles. The van der Waals surface area contributed by atoms with Crippen molar-refractivity contribution >= 4 is 18.0 Å². The number of benzene rings is 3. The molecule has 0 unspecified atom stereocenters. The summed E-state index contributed by atoms with van der Waals surface area (Å²) in [4.78, 5) is 24.2. The molecule has 1 saturated heterocycles. The van der Waals surface area contributed by atoms with Crippen LogP contribution in [0.4, 0.5) is 4.79 Å². The minimum Gasteiger partial charge on any atom is -0.488 e. The van der Waals surface area contributed by atoms with Gasteiger partial charge in [0.05, 0.1) is 6.61 Å². The van der Waals surface area contributed by atoms with Gasteiger partial charge in [-0.15, -0.1) is 0 Å². The van der Waals surface area contributed by atoms with Crippen LogP contribution in [0.2, 0.25) is 0 Å². The standard InChI is InChI=1S/C29H28O11/c30-15-23-25(32)26(33)27(34)28(40-23)39-22-8-4-7-21(37-16-18-5-2-1-3-6-18)24(22)20(31)14-11-17-9-12-19(13-10-17)38-29(35)36/h1-14,23,25-28,30,32-34H,15-16H2,(H,35,36)/t23-,25-,26+,27-,28-/m1/s1. The largest absolute Gasteiger partial charge is 0.511 e. The van der Waals surface area contributed by atoms with Crippen LogP contribution in [-0.2, 0) is 11.3 Å². The van der Waals surface area contributed by atoms with Crippen molar-refractivity contribution in [2.45, 2.75) is 37.3 Å². The van der Waals surface area contributed by atoms with Crippen molar-refractivity contribution in [2.24, 2.45) is 0 Å². The van der Waals surface area contributed by atoms with Gasteiger partial charge in [0.25, 0.3) is 0 Å². The number of carbonyl (C=O) groups is 2. The van der Waals surface area contributed by atoms with Gasteiger partial charge >= 0.3 is 6.16 Å². The lowest BCUT2D eigenvalue weighted by molar-refractivity contribution is -0.277. The third-order valence-corrected chi connectivity index (χ3v) is 6.08. The van der Waals surface area contributed by atoms with E-state index in [1.165, 1.54) is 30.4 Å². The molecule has 0 spiro atoms. The lowest BCUT2D eigenvalue weighted by atomic mass is 9.99. The highest BCUT2D eigenvalue weighted by Crippen LogP contribution is 2.33. The highest BCUT2D eigenvalue weighted by Gasteiger charge is 2.45. The Hall–Kier alpha value is -4.26. The minimum absolute atomic E-state index is 0.00234. The van der Waals surface area contributed by atoms with Crippen molar-refractivity contribution in [2.75, 3.05) is 6.61 Å². The topological polar surface area (TPSA) is 172 Å². The Bertz CT molecular complexity index is 1320. The number of rotatable bonds is 10. The van der Waals surface area contributed by atoms with Crippen molar-refractivity contribution in [3.05, 3.63) is 95.6 Å². The summed E-state index contributed by atoms with van der Waals surface area (Å²) in [7, 11) is 0. The van der Waals surface area contributed by atoms with Gasteiger partial charge in [0.15, 0.2) is 5.78 Å². The molecule has 0 amide bonds. The van der Waals surface area contributed by atoms with E-state index in [0.717, 1.165) is 5.56 Å². The van der Waals surface area contributed by atoms with E-state index in [2.05, 4.69) is 4.74 Å². The molecule has 11 nitrogen and oxygen atoms in total. The highest BCUT2D eigenvalue weighted by atomic mass is 16.7. The smallest absolute Gasteiger partial charge is 0.488 e. The van der Waals surface area contributed by atoms with Gasteiger partial charge in [0, 0.05) is 0 Å². The molecule has 0 saturated carbocycles. The summed E-state index contributed by atoms with van der Waals surface area (Å²) >= 11 is 0. The SMILES string of the molecule is O=C(O)Oc1ccc(C=CC(=O)c2c(OCc3ccccc3)cccc2O[C@@H]2O[C@H](CO)[C@@H](O)[C@H](O)[C@H]2O)cc1. The van der Waals surface area contributed by atoms with Gasteiger partial charge in [0.1, 0.15) is 53.8 Å². The van der Waals surface area contributed by atoms with Gasteiger partial charge in [-0.2, -0.15) is 0 Å². The first-order valence-corrected chi connectivity index (χ1v) is 12.3. The second-order valence-corrected chi connectivity index (χ2v) is 8.85. The van der Waals surface area contributed by atoms with Crippen LogP contribution in [0, 0.1) is 0 Å². The quantitative estimate of drug-likeness (QED) is 0.108. The number of aliphatic hydroxyl groups excluding tert-OH is 4. The Balaban J connectivity index is 1.62. The zero-order valence-corrected chi connectivity index (χ0v) is 21.1. The summed E-state index contributed by atoms with van der Waals surface area (Å²) in [5.74, 6) is -0.277. The first-order chi connectivity index (χ1) is 19.3. The Labute approximate surface area is 229 Å². The molecule has 11 heteroatoms. The molecule has 3 aromatic rings. The van der Waals surface area contributed by atoms with Crippen molar-refractivity contribution < 1.29 is 54.1 Å². The number of hydrogen-bond acceptors (Lipinski definition) is 10. The first-order valence-electron chi connectivity index (χ1n) is 12.3. The lowest BCUT2D eigenvalue weighted by Crippen LogP contribution is -2.60. The van der Waals surface area contributed by atoms with Crippen LogP contribution in [0.5, 0.6) is 17.2 Å².